The fourth-order valence-corrected chi connectivity index (χ4v) is 4.49. The van der Waals surface area contributed by atoms with Gasteiger partial charge in [-0.2, -0.15) is 0 Å². The van der Waals surface area contributed by atoms with Crippen molar-refractivity contribution < 1.29 is 9.59 Å². The number of carbonyl (C=O) groups excluding carboxylic acids is 2. The van der Waals surface area contributed by atoms with E-state index in [-0.39, 0.29) is 12.1 Å². The number of thioether (sulfide) groups is 1. The maximum absolute atomic E-state index is 12.9. The third kappa shape index (κ3) is 4.44. The molecular formula is C24H24N6O3S. The van der Waals surface area contributed by atoms with E-state index in [0.717, 1.165) is 22.9 Å². The van der Waals surface area contributed by atoms with Crippen molar-refractivity contribution in [3.8, 4) is 0 Å². The number of carbonyl (C=O) groups is 2. The first-order chi connectivity index (χ1) is 16.3. The standard InChI is InChI=1S/C24H24N6O3S/c1-5-12-29-21(32)17-8-6-7-9-19(17)30-23(29)27-28-24(30)34-16(4)20(31)26-22(33)25-18-11-10-14(2)13-15(18)3/h5-11,13,16H,1,12H2,2-4H3,(H2,25,26,31,33). The van der Waals surface area contributed by atoms with E-state index in [9.17, 15) is 14.4 Å². The molecule has 0 saturated carbocycles. The zero-order chi connectivity index (χ0) is 24.4. The van der Waals surface area contributed by atoms with Gasteiger partial charge in [0.1, 0.15) is 0 Å². The molecule has 0 saturated heterocycles. The average molecular weight is 477 g/mol. The molecule has 3 amide bonds. The van der Waals surface area contributed by atoms with Gasteiger partial charge < -0.3 is 5.32 Å². The van der Waals surface area contributed by atoms with Crippen molar-refractivity contribution in [1.29, 1.82) is 0 Å². The van der Waals surface area contributed by atoms with Crippen LogP contribution >= 0.6 is 11.8 Å². The summed E-state index contributed by atoms with van der Waals surface area (Å²) in [5, 5.41) is 13.8. The number of aromatic nitrogens is 4. The van der Waals surface area contributed by atoms with E-state index >= 15 is 0 Å². The number of para-hydroxylation sites is 1. The monoisotopic (exact) mass is 476 g/mol. The number of hydrogen-bond donors (Lipinski definition) is 2. The van der Waals surface area contributed by atoms with Gasteiger partial charge in [0.25, 0.3) is 5.56 Å². The van der Waals surface area contributed by atoms with Crippen LogP contribution < -0.4 is 16.2 Å². The van der Waals surface area contributed by atoms with E-state index in [1.807, 2.05) is 32.0 Å². The minimum atomic E-state index is -0.657. The van der Waals surface area contributed by atoms with E-state index in [1.165, 1.54) is 4.57 Å². The Morgan fingerprint density at radius 1 is 1.18 bits per heavy atom. The van der Waals surface area contributed by atoms with Gasteiger partial charge in [0, 0.05) is 12.2 Å². The molecule has 2 aromatic carbocycles. The molecule has 0 aliphatic carbocycles. The molecule has 0 aliphatic rings. The minimum Gasteiger partial charge on any atom is -0.307 e. The van der Waals surface area contributed by atoms with Gasteiger partial charge in [-0.25, -0.2) is 4.79 Å². The van der Waals surface area contributed by atoms with Gasteiger partial charge in [-0.1, -0.05) is 47.7 Å². The highest BCUT2D eigenvalue weighted by molar-refractivity contribution is 8.00. The molecule has 2 aromatic heterocycles. The van der Waals surface area contributed by atoms with Crippen LogP contribution in [0.2, 0.25) is 0 Å². The molecule has 174 valence electrons. The number of anilines is 1. The number of amides is 3. The van der Waals surface area contributed by atoms with E-state index in [4.69, 9.17) is 0 Å². The second-order valence-corrected chi connectivity index (χ2v) is 9.17. The number of urea groups is 1. The molecule has 4 aromatic rings. The van der Waals surface area contributed by atoms with Crippen molar-refractivity contribution in [3.63, 3.8) is 0 Å². The van der Waals surface area contributed by atoms with Gasteiger partial charge in [-0.15, -0.1) is 16.8 Å². The summed E-state index contributed by atoms with van der Waals surface area (Å²) < 4.78 is 3.22. The number of rotatable bonds is 6. The number of aryl methyl sites for hydroxylation is 2. The van der Waals surface area contributed by atoms with Gasteiger partial charge in [-0.05, 0) is 44.5 Å². The van der Waals surface area contributed by atoms with Crippen molar-refractivity contribution in [2.75, 3.05) is 5.32 Å². The molecule has 1 atom stereocenters. The first kappa shape index (κ1) is 23.2. The predicted octanol–water partition coefficient (Wildman–Crippen LogP) is 3.68. The molecule has 0 fully saturated rings. The Labute approximate surface area is 199 Å². The highest BCUT2D eigenvalue weighted by Crippen LogP contribution is 2.25. The zero-order valence-electron chi connectivity index (χ0n) is 19.0. The van der Waals surface area contributed by atoms with Crippen molar-refractivity contribution >= 4 is 46.1 Å². The number of hydrogen-bond acceptors (Lipinski definition) is 6. The Balaban J connectivity index is 1.57. The highest BCUT2D eigenvalue weighted by atomic mass is 32.2. The van der Waals surface area contributed by atoms with Crippen molar-refractivity contribution in [2.45, 2.75) is 37.7 Å². The lowest BCUT2D eigenvalue weighted by molar-refractivity contribution is -0.119. The van der Waals surface area contributed by atoms with Crippen LogP contribution in [0.5, 0.6) is 0 Å². The Morgan fingerprint density at radius 2 is 1.94 bits per heavy atom. The minimum absolute atomic E-state index is 0.194. The van der Waals surface area contributed by atoms with Crippen molar-refractivity contribution in [1.82, 2.24) is 24.5 Å². The molecule has 0 aliphatic heterocycles. The van der Waals surface area contributed by atoms with E-state index in [1.54, 1.807) is 41.7 Å². The van der Waals surface area contributed by atoms with Crippen molar-refractivity contribution in [3.05, 3.63) is 76.6 Å². The molecule has 2 heterocycles. The number of nitrogens with one attached hydrogen (secondary N) is 2. The average Bonchev–Trinajstić information content (AvgIpc) is 3.22. The van der Waals surface area contributed by atoms with E-state index in [2.05, 4.69) is 27.4 Å². The van der Waals surface area contributed by atoms with Gasteiger partial charge in [0.15, 0.2) is 5.16 Å². The molecule has 34 heavy (non-hydrogen) atoms. The van der Waals surface area contributed by atoms with Crippen LogP contribution in [0.4, 0.5) is 10.5 Å². The second-order valence-electron chi connectivity index (χ2n) is 7.86. The summed E-state index contributed by atoms with van der Waals surface area (Å²) in [6.07, 6.45) is 1.61. The fourth-order valence-electron chi connectivity index (χ4n) is 3.64. The smallest absolute Gasteiger partial charge is 0.307 e. The van der Waals surface area contributed by atoms with Crippen LogP contribution in [-0.4, -0.2) is 36.4 Å². The zero-order valence-corrected chi connectivity index (χ0v) is 19.8. The van der Waals surface area contributed by atoms with Crippen LogP contribution in [0.1, 0.15) is 18.1 Å². The Hall–Kier alpha value is -3.92. The number of allylic oxidation sites excluding steroid dienone is 1. The SMILES string of the molecule is C=CCn1c(=O)c2ccccc2n2c(SC(C)C(=O)NC(=O)Nc3ccc(C)cc3C)nnc12. The molecule has 10 heteroatoms. The van der Waals surface area contributed by atoms with Crippen LogP contribution in [0.3, 0.4) is 0 Å². The molecule has 0 spiro atoms. The maximum Gasteiger partial charge on any atom is 0.325 e. The molecule has 0 bridgehead atoms. The third-order valence-electron chi connectivity index (χ3n) is 5.31. The van der Waals surface area contributed by atoms with Crippen LogP contribution in [0.15, 0.2) is 65.1 Å². The first-order valence-corrected chi connectivity index (χ1v) is 11.5. The lowest BCUT2D eigenvalue weighted by Crippen LogP contribution is -2.39. The third-order valence-corrected chi connectivity index (χ3v) is 6.35. The summed E-state index contributed by atoms with van der Waals surface area (Å²) in [7, 11) is 0. The summed E-state index contributed by atoms with van der Waals surface area (Å²) in [4.78, 5) is 38.0. The molecule has 1 unspecified atom stereocenters. The van der Waals surface area contributed by atoms with Gasteiger partial charge in [-0.3, -0.25) is 23.9 Å². The molecule has 0 radical (unpaired) electrons. The Morgan fingerprint density at radius 3 is 2.68 bits per heavy atom. The van der Waals surface area contributed by atoms with E-state index in [0.29, 0.717) is 27.5 Å². The predicted molar refractivity (Wildman–Crippen MR) is 133 cm³/mol. The molecule has 4 rings (SSSR count). The summed E-state index contributed by atoms with van der Waals surface area (Å²) >= 11 is 1.14. The summed E-state index contributed by atoms with van der Waals surface area (Å²) in [6, 6.07) is 12.2. The Bertz CT molecular complexity index is 1490. The summed E-state index contributed by atoms with van der Waals surface area (Å²) in [5.41, 5.74) is 3.05. The van der Waals surface area contributed by atoms with Crippen LogP contribution in [-0.2, 0) is 11.3 Å². The normalized spacial score (nSPS) is 12.0. The lowest BCUT2D eigenvalue weighted by atomic mass is 10.1. The van der Waals surface area contributed by atoms with E-state index < -0.39 is 17.2 Å². The number of fused-ring (bicyclic) bond motifs is 3. The van der Waals surface area contributed by atoms with Gasteiger partial charge in [0.2, 0.25) is 11.7 Å². The topological polar surface area (TPSA) is 110 Å². The second kappa shape index (κ2) is 9.52. The number of nitrogens with zero attached hydrogens (tertiary/aromatic N) is 4. The quantitative estimate of drug-likeness (QED) is 0.325. The van der Waals surface area contributed by atoms with Crippen molar-refractivity contribution in [2.24, 2.45) is 0 Å². The van der Waals surface area contributed by atoms with Crippen LogP contribution in [0, 0.1) is 13.8 Å². The molecule has 2 N–H and O–H groups in total. The number of benzene rings is 2. The maximum atomic E-state index is 12.9. The molecule has 9 nitrogen and oxygen atoms in total. The van der Waals surface area contributed by atoms with Crippen LogP contribution in [0.25, 0.3) is 16.7 Å². The first-order valence-electron chi connectivity index (χ1n) is 10.6. The highest BCUT2D eigenvalue weighted by Gasteiger charge is 2.22. The number of imide groups is 1. The fraction of sp³-hybridized carbons (Fsp3) is 0.208. The largest absolute Gasteiger partial charge is 0.325 e. The molecular weight excluding hydrogens is 452 g/mol. The van der Waals surface area contributed by atoms with Gasteiger partial charge in [0.05, 0.1) is 16.2 Å². The lowest BCUT2D eigenvalue weighted by Gasteiger charge is -2.13. The summed E-state index contributed by atoms with van der Waals surface area (Å²) in [5.74, 6) is -0.126. The van der Waals surface area contributed by atoms with Gasteiger partial charge >= 0.3 is 6.03 Å². The summed E-state index contributed by atoms with van der Waals surface area (Å²) in [6.45, 7) is 9.51. The Kier molecular flexibility index (Phi) is 6.51.